The first kappa shape index (κ1) is 22.4. The molecule has 0 bridgehead atoms. The number of aliphatic hydroxyl groups is 2. The Hall–Kier alpha value is -1.65. The molecule has 0 saturated heterocycles. The van der Waals surface area contributed by atoms with Crippen LogP contribution in [0.3, 0.4) is 0 Å². The van der Waals surface area contributed by atoms with Crippen molar-refractivity contribution in [2.75, 3.05) is 0 Å². The molecule has 0 aliphatic rings. The van der Waals surface area contributed by atoms with Crippen molar-refractivity contribution in [2.45, 2.75) is 70.5 Å². The second-order valence-electron chi connectivity index (χ2n) is 5.78. The number of carboxylic acid groups (broad SMARTS) is 1. The number of aliphatic hydroxyl groups excluding tert-OH is 2. The Balaban J connectivity index is 3.83. The van der Waals surface area contributed by atoms with Crippen LogP contribution in [0.1, 0.15) is 58.3 Å². The van der Waals surface area contributed by atoms with Crippen molar-refractivity contribution in [3.05, 3.63) is 48.6 Å². The molecular formula is C20H32O4. The fourth-order valence-electron chi connectivity index (χ4n) is 2.06. The van der Waals surface area contributed by atoms with E-state index >= 15 is 0 Å². The van der Waals surface area contributed by atoms with Crippen molar-refractivity contribution < 1.29 is 20.1 Å². The topological polar surface area (TPSA) is 77.8 Å². The van der Waals surface area contributed by atoms with Crippen molar-refractivity contribution in [1.82, 2.24) is 0 Å². The molecule has 2 atom stereocenters. The lowest BCUT2D eigenvalue weighted by Gasteiger charge is -2.13. The third kappa shape index (κ3) is 15.3. The van der Waals surface area contributed by atoms with Gasteiger partial charge in [0.25, 0.3) is 0 Å². The van der Waals surface area contributed by atoms with Gasteiger partial charge in [0.2, 0.25) is 0 Å². The summed E-state index contributed by atoms with van der Waals surface area (Å²) in [5.74, 6) is -0.892. The fourth-order valence-corrected chi connectivity index (χ4v) is 2.06. The van der Waals surface area contributed by atoms with E-state index in [0.29, 0.717) is 6.42 Å². The van der Waals surface area contributed by atoms with Crippen LogP contribution in [0.2, 0.25) is 0 Å². The van der Waals surface area contributed by atoms with E-state index in [0.717, 1.165) is 6.42 Å². The normalized spacial score (nSPS) is 15.1. The van der Waals surface area contributed by atoms with Gasteiger partial charge in [-0.25, -0.2) is 0 Å². The van der Waals surface area contributed by atoms with Crippen molar-refractivity contribution >= 4 is 5.97 Å². The Labute approximate surface area is 145 Å². The minimum absolute atomic E-state index is 0.00428. The molecule has 4 heteroatoms. The summed E-state index contributed by atoms with van der Waals surface area (Å²) in [6.07, 6.45) is 19.8. The second kappa shape index (κ2) is 16.2. The minimum atomic E-state index is -0.976. The van der Waals surface area contributed by atoms with Gasteiger partial charge in [-0.1, -0.05) is 74.8 Å². The lowest BCUT2D eigenvalue weighted by atomic mass is 10.1. The monoisotopic (exact) mass is 336 g/mol. The van der Waals surface area contributed by atoms with Gasteiger partial charge in [0.1, 0.15) is 0 Å². The standard InChI is InChI=1S/C20H32O4/c1-2-3-4-5-6-7-8-9-10-11-12-13-15-18(21)19(22)16-14-17-20(23)24/h7-13,15,18-19,21-22H,2-6,14,16-17H2,1H3,(H,23,24)/b8-7+,10-9+,12-11+,15-13+/t18-,19+/m1/s1. The van der Waals surface area contributed by atoms with Gasteiger partial charge < -0.3 is 15.3 Å². The van der Waals surface area contributed by atoms with E-state index in [9.17, 15) is 15.0 Å². The number of rotatable bonds is 14. The fraction of sp³-hybridized carbons (Fsp3) is 0.550. The highest BCUT2D eigenvalue weighted by molar-refractivity contribution is 5.66. The molecule has 0 radical (unpaired) electrons. The highest BCUT2D eigenvalue weighted by Gasteiger charge is 2.12. The predicted octanol–water partition coefficient (Wildman–Crippen LogP) is 4.16. The molecule has 3 N–H and O–H groups in total. The number of hydrogen-bond donors (Lipinski definition) is 3. The molecule has 0 saturated carbocycles. The Morgan fingerprint density at radius 3 is 2.25 bits per heavy atom. The van der Waals surface area contributed by atoms with E-state index < -0.39 is 18.2 Å². The van der Waals surface area contributed by atoms with Crippen LogP contribution in [0.4, 0.5) is 0 Å². The molecule has 0 aromatic heterocycles. The first-order valence-electron chi connectivity index (χ1n) is 8.82. The average molecular weight is 336 g/mol. The third-order valence-corrected chi connectivity index (χ3v) is 3.51. The maximum atomic E-state index is 10.4. The van der Waals surface area contributed by atoms with Crippen LogP contribution in [0, 0.1) is 0 Å². The first-order chi connectivity index (χ1) is 11.6. The predicted molar refractivity (Wildman–Crippen MR) is 98.8 cm³/mol. The molecule has 24 heavy (non-hydrogen) atoms. The zero-order valence-electron chi connectivity index (χ0n) is 14.7. The van der Waals surface area contributed by atoms with Gasteiger partial charge in [0.15, 0.2) is 0 Å². The number of carbonyl (C=O) groups is 1. The van der Waals surface area contributed by atoms with E-state index in [2.05, 4.69) is 13.0 Å². The molecule has 0 aliphatic carbocycles. The van der Waals surface area contributed by atoms with Gasteiger partial charge in [0, 0.05) is 6.42 Å². The average Bonchev–Trinajstić information content (AvgIpc) is 2.55. The van der Waals surface area contributed by atoms with Crippen LogP contribution in [-0.2, 0) is 4.79 Å². The van der Waals surface area contributed by atoms with Gasteiger partial charge in [-0.15, -0.1) is 0 Å². The van der Waals surface area contributed by atoms with Gasteiger partial charge >= 0.3 is 5.97 Å². The first-order valence-corrected chi connectivity index (χ1v) is 8.82. The van der Waals surface area contributed by atoms with E-state index in [1.807, 2.05) is 24.3 Å². The SMILES string of the molecule is CCCCCC/C=C/C=C/C=C/C=C/[C@@H](O)[C@@H](O)CCCC(=O)O. The Morgan fingerprint density at radius 2 is 1.58 bits per heavy atom. The lowest BCUT2D eigenvalue weighted by molar-refractivity contribution is -0.137. The highest BCUT2D eigenvalue weighted by atomic mass is 16.4. The van der Waals surface area contributed by atoms with Crippen LogP contribution in [-0.4, -0.2) is 33.5 Å². The van der Waals surface area contributed by atoms with Crippen molar-refractivity contribution in [2.24, 2.45) is 0 Å². The summed E-state index contributed by atoms with van der Waals surface area (Å²) < 4.78 is 0. The van der Waals surface area contributed by atoms with Crippen LogP contribution in [0.25, 0.3) is 0 Å². The Kier molecular flexibility index (Phi) is 15.1. The molecule has 136 valence electrons. The summed E-state index contributed by atoms with van der Waals surface area (Å²) >= 11 is 0. The smallest absolute Gasteiger partial charge is 0.303 e. The lowest BCUT2D eigenvalue weighted by Crippen LogP contribution is -2.23. The molecule has 0 fully saturated rings. The van der Waals surface area contributed by atoms with E-state index in [-0.39, 0.29) is 12.8 Å². The number of allylic oxidation sites excluding steroid dienone is 7. The summed E-state index contributed by atoms with van der Waals surface area (Å²) in [6, 6.07) is 0. The zero-order chi connectivity index (χ0) is 18.0. The maximum Gasteiger partial charge on any atom is 0.303 e. The Morgan fingerprint density at radius 1 is 0.917 bits per heavy atom. The van der Waals surface area contributed by atoms with Crippen LogP contribution < -0.4 is 0 Å². The highest BCUT2D eigenvalue weighted by Crippen LogP contribution is 2.06. The summed E-state index contributed by atoms with van der Waals surface area (Å²) in [5.41, 5.74) is 0. The third-order valence-electron chi connectivity index (χ3n) is 3.51. The van der Waals surface area contributed by atoms with E-state index in [1.54, 1.807) is 12.2 Å². The zero-order valence-corrected chi connectivity index (χ0v) is 14.7. The van der Waals surface area contributed by atoms with E-state index in [4.69, 9.17) is 5.11 Å². The summed E-state index contributed by atoms with van der Waals surface area (Å²) in [5, 5.41) is 27.9. The molecule has 0 rings (SSSR count). The van der Waals surface area contributed by atoms with Crippen molar-refractivity contribution in [3.8, 4) is 0 Å². The molecule has 0 aliphatic heterocycles. The second-order valence-corrected chi connectivity index (χ2v) is 5.78. The molecule has 4 nitrogen and oxygen atoms in total. The van der Waals surface area contributed by atoms with E-state index in [1.165, 1.54) is 31.8 Å². The number of hydrogen-bond acceptors (Lipinski definition) is 3. The van der Waals surface area contributed by atoms with Gasteiger partial charge in [-0.05, 0) is 25.7 Å². The van der Waals surface area contributed by atoms with Gasteiger partial charge in [-0.2, -0.15) is 0 Å². The van der Waals surface area contributed by atoms with Crippen molar-refractivity contribution in [1.29, 1.82) is 0 Å². The maximum absolute atomic E-state index is 10.4. The molecule has 0 spiro atoms. The summed E-state index contributed by atoms with van der Waals surface area (Å²) in [7, 11) is 0. The van der Waals surface area contributed by atoms with Crippen LogP contribution >= 0.6 is 0 Å². The minimum Gasteiger partial charge on any atom is -0.481 e. The summed E-state index contributed by atoms with van der Waals surface area (Å²) in [4.78, 5) is 10.4. The molecular weight excluding hydrogens is 304 g/mol. The van der Waals surface area contributed by atoms with Crippen LogP contribution in [0.5, 0.6) is 0 Å². The van der Waals surface area contributed by atoms with Crippen LogP contribution in [0.15, 0.2) is 48.6 Å². The molecule has 0 aromatic carbocycles. The van der Waals surface area contributed by atoms with Crippen molar-refractivity contribution in [3.63, 3.8) is 0 Å². The summed E-state index contributed by atoms with van der Waals surface area (Å²) in [6.45, 7) is 2.21. The van der Waals surface area contributed by atoms with Gasteiger partial charge in [0.05, 0.1) is 12.2 Å². The van der Waals surface area contributed by atoms with Gasteiger partial charge in [-0.3, -0.25) is 4.79 Å². The number of carboxylic acids is 1. The molecule has 0 amide bonds. The quantitative estimate of drug-likeness (QED) is 0.329. The molecule has 0 heterocycles. The molecule has 0 aromatic rings. The Bertz CT molecular complexity index is 421. The number of unbranched alkanes of at least 4 members (excludes halogenated alkanes) is 4. The number of aliphatic carboxylic acids is 1. The molecule has 0 unspecified atom stereocenters. The largest absolute Gasteiger partial charge is 0.481 e.